The first-order chi connectivity index (χ1) is 12.9. The molecular weight excluding hydrogens is 371 g/mol. The second-order valence-corrected chi connectivity index (χ2v) is 7.56. The van der Waals surface area contributed by atoms with Gasteiger partial charge in [0, 0.05) is 23.9 Å². The van der Waals surface area contributed by atoms with E-state index in [0.29, 0.717) is 23.3 Å². The summed E-state index contributed by atoms with van der Waals surface area (Å²) in [6.07, 6.45) is -3.39. The summed E-state index contributed by atoms with van der Waals surface area (Å²) in [5, 5.41) is 5.93. The van der Waals surface area contributed by atoms with Gasteiger partial charge in [-0.3, -0.25) is 0 Å². The van der Waals surface area contributed by atoms with E-state index < -0.39 is 11.7 Å². The average molecular weight is 389 g/mol. The van der Waals surface area contributed by atoms with Crippen molar-refractivity contribution in [2.75, 3.05) is 5.73 Å². The summed E-state index contributed by atoms with van der Waals surface area (Å²) in [4.78, 5) is 4.23. The molecule has 0 saturated heterocycles. The van der Waals surface area contributed by atoms with E-state index in [1.807, 2.05) is 29.6 Å². The summed E-state index contributed by atoms with van der Waals surface area (Å²) in [6.45, 7) is 0.639. The topological polar surface area (TPSA) is 50.9 Å². The van der Waals surface area contributed by atoms with Gasteiger partial charge in [0.25, 0.3) is 0 Å². The van der Waals surface area contributed by atoms with Gasteiger partial charge in [0.15, 0.2) is 5.13 Å². The Bertz CT molecular complexity index is 951. The Morgan fingerprint density at radius 2 is 1.96 bits per heavy atom. The minimum absolute atomic E-state index is 0.284. The Morgan fingerprint density at radius 3 is 2.70 bits per heavy atom. The van der Waals surface area contributed by atoms with E-state index in [-0.39, 0.29) is 5.92 Å². The lowest BCUT2D eigenvalue weighted by molar-refractivity contribution is -0.137. The fraction of sp³-hybridized carbons (Fsp3) is 0.250. The number of nitrogens with two attached hydrogens (primary N) is 1. The number of rotatable bonds is 5. The normalized spacial score (nSPS) is 19.2. The fourth-order valence-corrected chi connectivity index (χ4v) is 3.91. The number of anilines is 1. The number of benzene rings is 2. The lowest BCUT2D eigenvalue weighted by Gasteiger charge is -2.13. The van der Waals surface area contributed by atoms with Crippen LogP contribution in [0.25, 0.3) is 11.1 Å². The molecule has 1 aromatic heterocycles. The number of nitrogen functional groups attached to an aromatic ring is 1. The molecule has 1 aliphatic carbocycles. The lowest BCUT2D eigenvalue weighted by Crippen LogP contribution is -2.17. The standard InChI is InChI=1S/C20H18F3N3S/c21-20(22,23)13-5-3-4-12(8-13)15-6-1-2-7-16(15)17-9-18(17)25-10-14-11-27-19(24)26-14/h1-8,11,17-18,25H,9-10H2,(H2,24,26)/t17-,18+/m0/s1. The van der Waals surface area contributed by atoms with Crippen LogP contribution in [-0.4, -0.2) is 11.0 Å². The van der Waals surface area contributed by atoms with Crippen molar-refractivity contribution in [1.82, 2.24) is 10.3 Å². The van der Waals surface area contributed by atoms with Crippen LogP contribution in [0.5, 0.6) is 0 Å². The molecule has 1 heterocycles. The van der Waals surface area contributed by atoms with Crippen LogP contribution in [0.2, 0.25) is 0 Å². The fourth-order valence-electron chi connectivity index (χ4n) is 3.35. The molecule has 2 atom stereocenters. The molecule has 0 bridgehead atoms. The van der Waals surface area contributed by atoms with Gasteiger partial charge in [0.1, 0.15) is 0 Å². The van der Waals surface area contributed by atoms with Gasteiger partial charge in [-0.1, -0.05) is 36.4 Å². The van der Waals surface area contributed by atoms with E-state index >= 15 is 0 Å². The van der Waals surface area contributed by atoms with Gasteiger partial charge in [0.2, 0.25) is 0 Å². The summed E-state index contributed by atoms with van der Waals surface area (Å²) in [5.41, 5.74) is 8.46. The molecule has 1 aliphatic rings. The van der Waals surface area contributed by atoms with Crippen molar-refractivity contribution < 1.29 is 13.2 Å². The van der Waals surface area contributed by atoms with Crippen LogP contribution >= 0.6 is 11.3 Å². The van der Waals surface area contributed by atoms with Crippen LogP contribution in [-0.2, 0) is 12.7 Å². The number of hydrogen-bond acceptors (Lipinski definition) is 4. The highest BCUT2D eigenvalue weighted by atomic mass is 32.1. The molecule has 0 aliphatic heterocycles. The predicted molar refractivity (Wildman–Crippen MR) is 101 cm³/mol. The van der Waals surface area contributed by atoms with E-state index in [2.05, 4.69) is 10.3 Å². The van der Waals surface area contributed by atoms with E-state index in [1.165, 1.54) is 23.5 Å². The van der Waals surface area contributed by atoms with Crippen molar-refractivity contribution >= 4 is 16.5 Å². The van der Waals surface area contributed by atoms with Crippen molar-refractivity contribution in [2.24, 2.45) is 0 Å². The smallest absolute Gasteiger partial charge is 0.375 e. The van der Waals surface area contributed by atoms with Crippen LogP contribution in [0.15, 0.2) is 53.9 Å². The van der Waals surface area contributed by atoms with Gasteiger partial charge >= 0.3 is 6.18 Å². The molecule has 2 aromatic carbocycles. The van der Waals surface area contributed by atoms with Gasteiger partial charge in [0.05, 0.1) is 11.3 Å². The van der Waals surface area contributed by atoms with Crippen molar-refractivity contribution in [2.45, 2.75) is 31.1 Å². The molecule has 1 saturated carbocycles. The van der Waals surface area contributed by atoms with Gasteiger partial charge < -0.3 is 11.1 Å². The Balaban J connectivity index is 1.53. The Kier molecular flexibility index (Phi) is 4.65. The summed E-state index contributed by atoms with van der Waals surface area (Å²) in [7, 11) is 0. The number of aromatic nitrogens is 1. The molecule has 1 fully saturated rings. The van der Waals surface area contributed by atoms with Gasteiger partial charge in [-0.2, -0.15) is 13.2 Å². The second-order valence-electron chi connectivity index (χ2n) is 6.67. The van der Waals surface area contributed by atoms with Crippen LogP contribution in [0.3, 0.4) is 0 Å². The van der Waals surface area contributed by atoms with Crippen LogP contribution < -0.4 is 11.1 Å². The summed E-state index contributed by atoms with van der Waals surface area (Å²) in [5.74, 6) is 0.284. The molecule has 140 valence electrons. The van der Waals surface area contributed by atoms with Crippen LogP contribution in [0, 0.1) is 0 Å². The molecule has 7 heteroatoms. The molecule has 0 radical (unpaired) electrons. The molecule has 3 N–H and O–H groups in total. The maximum absolute atomic E-state index is 13.1. The Labute approximate surface area is 159 Å². The van der Waals surface area contributed by atoms with E-state index in [0.717, 1.165) is 29.3 Å². The van der Waals surface area contributed by atoms with Crippen LogP contribution in [0.1, 0.15) is 29.2 Å². The van der Waals surface area contributed by atoms with Gasteiger partial charge in [-0.25, -0.2) is 4.98 Å². The zero-order valence-electron chi connectivity index (χ0n) is 14.3. The number of halogens is 3. The third-order valence-electron chi connectivity index (χ3n) is 4.77. The van der Waals surface area contributed by atoms with Crippen molar-refractivity contribution in [1.29, 1.82) is 0 Å². The lowest BCUT2D eigenvalue weighted by atomic mass is 9.95. The van der Waals surface area contributed by atoms with E-state index in [9.17, 15) is 13.2 Å². The molecule has 0 spiro atoms. The number of hydrogen-bond donors (Lipinski definition) is 2. The maximum Gasteiger partial charge on any atom is 0.416 e. The number of thiazole rings is 1. The molecule has 3 aromatic rings. The highest BCUT2D eigenvalue weighted by molar-refractivity contribution is 7.13. The molecule has 27 heavy (non-hydrogen) atoms. The number of nitrogens with one attached hydrogen (secondary N) is 1. The third-order valence-corrected chi connectivity index (χ3v) is 5.49. The average Bonchev–Trinajstić information content (AvgIpc) is 3.31. The minimum Gasteiger partial charge on any atom is -0.375 e. The van der Waals surface area contributed by atoms with Crippen molar-refractivity contribution in [3.8, 4) is 11.1 Å². The van der Waals surface area contributed by atoms with Crippen LogP contribution in [0.4, 0.5) is 18.3 Å². The van der Waals surface area contributed by atoms with Gasteiger partial charge in [-0.05, 0) is 35.2 Å². The highest BCUT2D eigenvalue weighted by Crippen LogP contribution is 2.45. The third kappa shape index (κ3) is 3.99. The molecule has 3 nitrogen and oxygen atoms in total. The zero-order chi connectivity index (χ0) is 19.0. The molecule has 0 amide bonds. The largest absolute Gasteiger partial charge is 0.416 e. The SMILES string of the molecule is Nc1nc(CN[C@@H]2C[C@H]2c2ccccc2-c2cccc(C(F)(F)F)c2)cs1. The predicted octanol–water partition coefficient (Wildman–Crippen LogP) is 5.06. The van der Waals surface area contributed by atoms with Crippen molar-refractivity contribution in [3.05, 3.63) is 70.7 Å². The second kappa shape index (κ2) is 6.98. The summed E-state index contributed by atoms with van der Waals surface area (Å²) in [6, 6.07) is 13.5. The summed E-state index contributed by atoms with van der Waals surface area (Å²) >= 11 is 1.41. The Morgan fingerprint density at radius 1 is 1.15 bits per heavy atom. The number of nitrogens with zero attached hydrogens (tertiary/aromatic N) is 1. The van der Waals surface area contributed by atoms with E-state index in [1.54, 1.807) is 6.07 Å². The monoisotopic (exact) mass is 389 g/mol. The first kappa shape index (κ1) is 18.0. The molecule has 0 unspecified atom stereocenters. The van der Waals surface area contributed by atoms with E-state index in [4.69, 9.17) is 5.73 Å². The highest BCUT2D eigenvalue weighted by Gasteiger charge is 2.39. The zero-order valence-corrected chi connectivity index (χ0v) is 15.1. The number of alkyl halides is 3. The first-order valence-corrected chi connectivity index (χ1v) is 9.49. The molecule has 4 rings (SSSR count). The first-order valence-electron chi connectivity index (χ1n) is 8.61. The van der Waals surface area contributed by atoms with Gasteiger partial charge in [-0.15, -0.1) is 11.3 Å². The Hall–Kier alpha value is -2.38. The summed E-state index contributed by atoms with van der Waals surface area (Å²) < 4.78 is 39.2. The quantitative estimate of drug-likeness (QED) is 0.642. The van der Waals surface area contributed by atoms with Crippen molar-refractivity contribution in [3.63, 3.8) is 0 Å². The minimum atomic E-state index is -4.34. The molecular formula is C20H18F3N3S. The maximum atomic E-state index is 13.1.